The second-order valence-electron chi connectivity index (χ2n) is 9.66. The average Bonchev–Trinajstić information content (AvgIpc) is 3.35. The highest BCUT2D eigenvalue weighted by Crippen LogP contribution is 2.45. The highest BCUT2D eigenvalue weighted by atomic mass is 19.4. The third-order valence-electron chi connectivity index (χ3n) is 6.56. The molecule has 202 valence electrons. The van der Waals surface area contributed by atoms with Gasteiger partial charge in [0.1, 0.15) is 12.2 Å². The topological polar surface area (TPSA) is 82.2 Å². The van der Waals surface area contributed by atoms with Crippen LogP contribution in [0.15, 0.2) is 59.5 Å². The number of ether oxygens (including phenoxy) is 1. The van der Waals surface area contributed by atoms with Gasteiger partial charge in [-0.25, -0.2) is 13.8 Å². The zero-order valence-electron chi connectivity index (χ0n) is 21.4. The first-order valence-corrected chi connectivity index (χ1v) is 11.9. The molecular formula is C27H23F4N5O3. The van der Waals surface area contributed by atoms with E-state index in [1.807, 2.05) is 6.07 Å². The fraction of sp³-hybridized carbons (Fsp3) is 0.259. The first-order chi connectivity index (χ1) is 18.3. The van der Waals surface area contributed by atoms with Crippen molar-refractivity contribution in [3.63, 3.8) is 0 Å². The quantitative estimate of drug-likeness (QED) is 0.342. The SMILES string of the molecule is COc1cn(-c2ccc3c(c2F)C(C)(C)C(=O)N3CC(F)(F)F)nc(-c2cc(C)nn2-c2ccccc2)c1=O. The Morgan fingerprint density at radius 1 is 1.00 bits per heavy atom. The predicted octanol–water partition coefficient (Wildman–Crippen LogP) is 4.73. The monoisotopic (exact) mass is 541 g/mol. The lowest BCUT2D eigenvalue weighted by molar-refractivity contribution is -0.134. The van der Waals surface area contributed by atoms with Gasteiger partial charge in [0.15, 0.2) is 17.3 Å². The Hall–Kier alpha value is -4.48. The van der Waals surface area contributed by atoms with E-state index < -0.39 is 35.3 Å². The van der Waals surface area contributed by atoms with Gasteiger partial charge in [0.05, 0.1) is 41.5 Å². The summed E-state index contributed by atoms with van der Waals surface area (Å²) in [4.78, 5) is 26.7. The highest BCUT2D eigenvalue weighted by molar-refractivity contribution is 6.08. The number of hydrogen-bond acceptors (Lipinski definition) is 5. The first kappa shape index (κ1) is 26.1. The Kier molecular flexibility index (Phi) is 6.08. The molecule has 3 heterocycles. The van der Waals surface area contributed by atoms with Crippen LogP contribution in [0.2, 0.25) is 0 Å². The van der Waals surface area contributed by atoms with Gasteiger partial charge in [0, 0.05) is 5.56 Å². The van der Waals surface area contributed by atoms with Crippen molar-refractivity contribution in [2.45, 2.75) is 32.4 Å². The number of nitrogens with zero attached hydrogens (tertiary/aromatic N) is 5. The van der Waals surface area contributed by atoms with Gasteiger partial charge in [-0.05, 0) is 51.1 Å². The molecular weight excluding hydrogens is 518 g/mol. The number of methoxy groups -OCH3 is 1. The molecule has 1 amide bonds. The van der Waals surface area contributed by atoms with Crippen molar-refractivity contribution in [2.75, 3.05) is 18.6 Å². The molecule has 5 rings (SSSR count). The largest absolute Gasteiger partial charge is 0.491 e. The second kappa shape index (κ2) is 9.07. The molecule has 0 aliphatic carbocycles. The number of hydrogen-bond donors (Lipinski definition) is 0. The van der Waals surface area contributed by atoms with Crippen LogP contribution in [0.1, 0.15) is 25.1 Å². The molecule has 0 atom stereocenters. The van der Waals surface area contributed by atoms with Crippen LogP contribution in [0.4, 0.5) is 23.2 Å². The lowest BCUT2D eigenvalue weighted by Gasteiger charge is -2.21. The molecule has 2 aromatic heterocycles. The summed E-state index contributed by atoms with van der Waals surface area (Å²) >= 11 is 0. The molecule has 0 saturated heterocycles. The molecule has 0 N–H and O–H groups in total. The maximum absolute atomic E-state index is 16.1. The number of anilines is 1. The minimum absolute atomic E-state index is 0.0901. The number of alkyl halides is 3. The molecule has 0 fully saturated rings. The van der Waals surface area contributed by atoms with Gasteiger partial charge in [-0.15, -0.1) is 0 Å². The zero-order chi connectivity index (χ0) is 28.3. The Morgan fingerprint density at radius 2 is 1.67 bits per heavy atom. The Labute approximate surface area is 220 Å². The van der Waals surface area contributed by atoms with Crippen molar-refractivity contribution >= 4 is 11.6 Å². The van der Waals surface area contributed by atoms with Crippen molar-refractivity contribution in [3.05, 3.63) is 82.0 Å². The van der Waals surface area contributed by atoms with Crippen molar-refractivity contribution in [3.8, 4) is 28.5 Å². The van der Waals surface area contributed by atoms with Gasteiger partial charge in [0.2, 0.25) is 5.91 Å². The number of para-hydroxylation sites is 1. The summed E-state index contributed by atoms with van der Waals surface area (Å²) < 4.78 is 63.6. The molecule has 1 aliphatic rings. The first-order valence-electron chi connectivity index (χ1n) is 11.9. The average molecular weight is 542 g/mol. The Bertz CT molecular complexity index is 1660. The van der Waals surface area contributed by atoms with Crippen LogP contribution in [-0.2, 0) is 10.2 Å². The molecule has 0 radical (unpaired) electrons. The summed E-state index contributed by atoms with van der Waals surface area (Å²) in [6.45, 7) is 2.93. The van der Waals surface area contributed by atoms with Gasteiger partial charge in [-0.1, -0.05) is 18.2 Å². The summed E-state index contributed by atoms with van der Waals surface area (Å²) in [5.41, 5.74) is -1.20. The zero-order valence-corrected chi connectivity index (χ0v) is 21.4. The van der Waals surface area contributed by atoms with Gasteiger partial charge in [-0.2, -0.15) is 23.4 Å². The third kappa shape index (κ3) is 4.35. The molecule has 0 saturated carbocycles. The Balaban J connectivity index is 1.71. The maximum atomic E-state index is 16.1. The van der Waals surface area contributed by atoms with Crippen molar-refractivity contribution in [1.82, 2.24) is 19.6 Å². The van der Waals surface area contributed by atoms with Crippen molar-refractivity contribution < 1.29 is 27.1 Å². The van der Waals surface area contributed by atoms with Gasteiger partial charge < -0.3 is 9.64 Å². The second-order valence-corrected chi connectivity index (χ2v) is 9.66. The molecule has 0 bridgehead atoms. The molecule has 2 aromatic carbocycles. The normalized spacial score (nSPS) is 14.6. The standard InChI is InChI=1S/C27H23F4N5O3/c1-15-12-19(36(32-15)16-8-6-5-7-9-16)23-24(37)20(39-4)13-35(33-23)18-11-10-17-21(22(18)28)26(2,3)25(38)34(17)14-27(29,30)31/h5-13H,14H2,1-4H3. The maximum Gasteiger partial charge on any atom is 0.406 e. The summed E-state index contributed by atoms with van der Waals surface area (Å²) in [5, 5.41) is 8.86. The number of rotatable bonds is 5. The summed E-state index contributed by atoms with van der Waals surface area (Å²) in [6.07, 6.45) is -3.49. The van der Waals surface area contributed by atoms with E-state index in [-0.39, 0.29) is 28.4 Å². The number of carbonyl (C=O) groups is 1. The lowest BCUT2D eigenvalue weighted by atomic mass is 9.85. The number of amides is 1. The number of carbonyl (C=O) groups excluding carboxylic acids is 1. The molecule has 4 aromatic rings. The van der Waals surface area contributed by atoms with E-state index in [0.717, 1.165) is 4.68 Å². The molecule has 0 spiro atoms. The minimum Gasteiger partial charge on any atom is -0.491 e. The van der Waals surface area contributed by atoms with E-state index in [9.17, 15) is 22.8 Å². The van der Waals surface area contributed by atoms with Gasteiger partial charge in [-0.3, -0.25) is 9.59 Å². The molecule has 0 unspecified atom stereocenters. The number of aryl methyl sites for hydroxylation is 1. The molecule has 39 heavy (non-hydrogen) atoms. The number of aromatic nitrogens is 4. The minimum atomic E-state index is -4.68. The molecule has 1 aliphatic heterocycles. The van der Waals surface area contributed by atoms with Crippen molar-refractivity contribution in [2.24, 2.45) is 0 Å². The van der Waals surface area contributed by atoms with E-state index in [2.05, 4.69) is 10.2 Å². The highest BCUT2D eigenvalue weighted by Gasteiger charge is 2.49. The third-order valence-corrected chi connectivity index (χ3v) is 6.56. The number of benzene rings is 2. The lowest BCUT2D eigenvalue weighted by Crippen LogP contribution is -2.41. The van der Waals surface area contributed by atoms with E-state index in [4.69, 9.17) is 4.74 Å². The number of halogens is 4. The van der Waals surface area contributed by atoms with E-state index in [1.54, 1.807) is 37.3 Å². The fourth-order valence-corrected chi connectivity index (χ4v) is 4.78. The van der Waals surface area contributed by atoms with Crippen LogP contribution in [0, 0.1) is 12.7 Å². The predicted molar refractivity (Wildman–Crippen MR) is 135 cm³/mol. The van der Waals surface area contributed by atoms with Gasteiger partial charge in [0.25, 0.3) is 5.43 Å². The Morgan fingerprint density at radius 3 is 2.31 bits per heavy atom. The van der Waals surface area contributed by atoms with Crippen molar-refractivity contribution in [1.29, 1.82) is 0 Å². The summed E-state index contributed by atoms with van der Waals surface area (Å²) in [6, 6.07) is 13.1. The molecule has 12 heteroatoms. The fourth-order valence-electron chi connectivity index (χ4n) is 4.78. The van der Waals surface area contributed by atoms with Crippen LogP contribution in [-0.4, -0.2) is 45.3 Å². The molecule has 8 nitrogen and oxygen atoms in total. The van der Waals surface area contributed by atoms with Crippen LogP contribution in [0.3, 0.4) is 0 Å². The van der Waals surface area contributed by atoms with E-state index in [0.29, 0.717) is 22.0 Å². The van der Waals surface area contributed by atoms with E-state index >= 15 is 4.39 Å². The summed E-state index contributed by atoms with van der Waals surface area (Å²) in [7, 11) is 1.28. The van der Waals surface area contributed by atoms with Crippen LogP contribution >= 0.6 is 0 Å². The summed E-state index contributed by atoms with van der Waals surface area (Å²) in [5.74, 6) is -1.96. The van der Waals surface area contributed by atoms with Crippen LogP contribution < -0.4 is 15.1 Å². The number of fused-ring (bicyclic) bond motifs is 1. The van der Waals surface area contributed by atoms with E-state index in [1.165, 1.54) is 44.0 Å². The van der Waals surface area contributed by atoms with Crippen LogP contribution in [0.5, 0.6) is 5.75 Å². The van der Waals surface area contributed by atoms with Crippen LogP contribution in [0.25, 0.3) is 22.8 Å². The smallest absolute Gasteiger partial charge is 0.406 e. The van der Waals surface area contributed by atoms with Gasteiger partial charge >= 0.3 is 6.18 Å².